The number of carbonyl (C=O) groups excluding carboxylic acids is 2. The van der Waals surface area contributed by atoms with Gasteiger partial charge in [0.15, 0.2) is 11.5 Å². The van der Waals surface area contributed by atoms with Crippen LogP contribution in [-0.2, 0) is 9.53 Å². The molecule has 2 aliphatic rings. The number of carbonyl (C=O) groups is 2. The average molecular weight is 319 g/mol. The summed E-state index contributed by atoms with van der Waals surface area (Å²) >= 11 is 0. The molecule has 0 fully saturated rings. The molecule has 0 spiro atoms. The van der Waals surface area contributed by atoms with Gasteiger partial charge in [0, 0.05) is 5.70 Å². The fourth-order valence-corrected chi connectivity index (χ4v) is 2.57. The SMILES string of the molecule is CCOC(=O)C1=C(C)N(N)C(=O)N[C@H]1c1ccc2c(c1)OCO2. The number of benzene rings is 1. The summed E-state index contributed by atoms with van der Waals surface area (Å²) in [7, 11) is 0. The zero-order valence-electron chi connectivity index (χ0n) is 12.8. The molecule has 122 valence electrons. The molecule has 0 unspecified atom stereocenters. The van der Waals surface area contributed by atoms with E-state index in [0.717, 1.165) is 5.01 Å². The molecule has 8 nitrogen and oxygen atoms in total. The van der Waals surface area contributed by atoms with Crippen LogP contribution in [0.5, 0.6) is 11.5 Å². The van der Waals surface area contributed by atoms with Gasteiger partial charge in [-0.05, 0) is 31.5 Å². The van der Waals surface area contributed by atoms with Crippen molar-refractivity contribution in [2.45, 2.75) is 19.9 Å². The number of esters is 1. The Kier molecular flexibility index (Phi) is 3.83. The van der Waals surface area contributed by atoms with Crippen molar-refractivity contribution in [1.29, 1.82) is 0 Å². The van der Waals surface area contributed by atoms with Crippen LogP contribution in [0.2, 0.25) is 0 Å². The molecule has 0 aromatic heterocycles. The molecule has 2 amide bonds. The summed E-state index contributed by atoms with van der Waals surface area (Å²) in [5, 5.41) is 3.60. The summed E-state index contributed by atoms with van der Waals surface area (Å²) in [4.78, 5) is 24.3. The first-order valence-corrected chi connectivity index (χ1v) is 7.15. The number of hydrogen-bond acceptors (Lipinski definition) is 6. The van der Waals surface area contributed by atoms with E-state index in [1.165, 1.54) is 0 Å². The lowest BCUT2D eigenvalue weighted by Gasteiger charge is -2.32. The molecular weight excluding hydrogens is 302 g/mol. The summed E-state index contributed by atoms with van der Waals surface area (Å²) in [6, 6.07) is 4.05. The number of nitrogens with zero attached hydrogens (tertiary/aromatic N) is 1. The number of ether oxygens (including phenoxy) is 3. The van der Waals surface area contributed by atoms with Crippen LogP contribution in [0.1, 0.15) is 25.5 Å². The lowest BCUT2D eigenvalue weighted by molar-refractivity contribution is -0.139. The number of nitrogens with one attached hydrogen (secondary N) is 1. The van der Waals surface area contributed by atoms with Gasteiger partial charge in [-0.25, -0.2) is 20.4 Å². The van der Waals surface area contributed by atoms with Crippen molar-refractivity contribution in [2.75, 3.05) is 13.4 Å². The molecule has 1 aromatic rings. The number of hydrogen-bond donors (Lipinski definition) is 2. The highest BCUT2D eigenvalue weighted by molar-refractivity contribution is 5.94. The predicted molar refractivity (Wildman–Crippen MR) is 79.2 cm³/mol. The molecule has 2 aliphatic heterocycles. The Balaban J connectivity index is 2.04. The molecule has 1 aromatic carbocycles. The smallest absolute Gasteiger partial charge is 0.338 e. The van der Waals surface area contributed by atoms with Gasteiger partial charge in [-0.3, -0.25) is 0 Å². The zero-order valence-corrected chi connectivity index (χ0v) is 12.8. The average Bonchev–Trinajstić information content (AvgIpc) is 2.99. The summed E-state index contributed by atoms with van der Waals surface area (Å²) in [5.41, 5.74) is 1.31. The lowest BCUT2D eigenvalue weighted by Crippen LogP contribution is -2.51. The molecule has 2 heterocycles. The van der Waals surface area contributed by atoms with E-state index in [2.05, 4.69) is 5.32 Å². The highest BCUT2D eigenvalue weighted by Gasteiger charge is 2.36. The van der Waals surface area contributed by atoms with E-state index < -0.39 is 18.0 Å². The van der Waals surface area contributed by atoms with E-state index in [0.29, 0.717) is 22.8 Å². The molecule has 0 saturated heterocycles. The maximum absolute atomic E-state index is 12.3. The van der Waals surface area contributed by atoms with Crippen molar-refractivity contribution >= 4 is 12.0 Å². The van der Waals surface area contributed by atoms with Gasteiger partial charge in [0.2, 0.25) is 6.79 Å². The molecule has 0 bridgehead atoms. The largest absolute Gasteiger partial charge is 0.463 e. The van der Waals surface area contributed by atoms with Crippen molar-refractivity contribution in [2.24, 2.45) is 5.84 Å². The minimum Gasteiger partial charge on any atom is -0.463 e. The van der Waals surface area contributed by atoms with E-state index in [9.17, 15) is 9.59 Å². The molecule has 3 rings (SSSR count). The van der Waals surface area contributed by atoms with Crippen LogP contribution in [-0.4, -0.2) is 30.4 Å². The van der Waals surface area contributed by atoms with Crippen LogP contribution in [0.15, 0.2) is 29.5 Å². The fraction of sp³-hybridized carbons (Fsp3) is 0.333. The van der Waals surface area contributed by atoms with Gasteiger partial charge in [0.1, 0.15) is 0 Å². The normalized spacial score (nSPS) is 19.7. The van der Waals surface area contributed by atoms with Gasteiger partial charge >= 0.3 is 12.0 Å². The Bertz CT molecular complexity index is 700. The Labute approximate surface area is 132 Å². The number of nitrogens with two attached hydrogens (primary N) is 1. The van der Waals surface area contributed by atoms with Crippen LogP contribution < -0.4 is 20.6 Å². The standard InChI is InChI=1S/C15H17N3O5/c1-3-21-14(19)12-8(2)18(16)15(20)17-13(12)9-4-5-10-11(6-9)23-7-22-10/h4-6,13H,3,7,16H2,1-2H3,(H,17,20)/t13-/m0/s1. The highest BCUT2D eigenvalue weighted by atomic mass is 16.7. The predicted octanol–water partition coefficient (Wildman–Crippen LogP) is 1.19. The van der Waals surface area contributed by atoms with Crippen molar-refractivity contribution in [3.63, 3.8) is 0 Å². The van der Waals surface area contributed by atoms with Crippen LogP contribution in [0.25, 0.3) is 0 Å². The molecule has 1 atom stereocenters. The van der Waals surface area contributed by atoms with E-state index in [4.69, 9.17) is 20.1 Å². The first-order valence-electron chi connectivity index (χ1n) is 7.15. The highest BCUT2D eigenvalue weighted by Crippen LogP contribution is 2.37. The van der Waals surface area contributed by atoms with E-state index in [1.807, 2.05) is 0 Å². The minimum atomic E-state index is -0.671. The summed E-state index contributed by atoms with van der Waals surface area (Å²) in [6.07, 6.45) is 0. The van der Waals surface area contributed by atoms with Gasteiger partial charge in [0.05, 0.1) is 18.2 Å². The van der Waals surface area contributed by atoms with Crippen LogP contribution in [0, 0.1) is 0 Å². The van der Waals surface area contributed by atoms with Crippen LogP contribution >= 0.6 is 0 Å². The van der Waals surface area contributed by atoms with Gasteiger partial charge in [-0.2, -0.15) is 0 Å². The Hall–Kier alpha value is -2.74. The van der Waals surface area contributed by atoms with Crippen molar-refractivity contribution in [1.82, 2.24) is 10.3 Å². The minimum absolute atomic E-state index is 0.145. The van der Waals surface area contributed by atoms with Gasteiger partial charge in [-0.1, -0.05) is 6.07 Å². The molecule has 23 heavy (non-hydrogen) atoms. The third-order valence-electron chi connectivity index (χ3n) is 3.75. The van der Waals surface area contributed by atoms with Crippen LogP contribution in [0.4, 0.5) is 4.79 Å². The van der Waals surface area contributed by atoms with Gasteiger partial charge in [0.25, 0.3) is 0 Å². The number of fused-ring (bicyclic) bond motifs is 1. The maximum Gasteiger partial charge on any atom is 0.338 e. The van der Waals surface area contributed by atoms with Crippen molar-refractivity contribution in [3.05, 3.63) is 35.0 Å². The summed E-state index contributed by atoms with van der Waals surface area (Å²) in [6.45, 7) is 3.68. The Morgan fingerprint density at radius 1 is 1.43 bits per heavy atom. The Morgan fingerprint density at radius 2 is 2.17 bits per heavy atom. The van der Waals surface area contributed by atoms with Gasteiger partial charge in [-0.15, -0.1) is 0 Å². The molecule has 8 heteroatoms. The third kappa shape index (κ3) is 2.57. The Morgan fingerprint density at radius 3 is 2.91 bits per heavy atom. The summed E-state index contributed by atoms with van der Waals surface area (Å²) in [5.74, 6) is 6.35. The number of rotatable bonds is 3. The first-order chi connectivity index (χ1) is 11.0. The van der Waals surface area contributed by atoms with E-state index in [-0.39, 0.29) is 19.0 Å². The number of hydrazine groups is 1. The molecule has 0 radical (unpaired) electrons. The second-order valence-electron chi connectivity index (χ2n) is 5.08. The quantitative estimate of drug-likeness (QED) is 0.493. The number of allylic oxidation sites excluding steroid dienone is 1. The number of amides is 2. The van der Waals surface area contributed by atoms with Crippen LogP contribution in [0.3, 0.4) is 0 Å². The van der Waals surface area contributed by atoms with Crippen molar-refractivity contribution in [3.8, 4) is 11.5 Å². The fourth-order valence-electron chi connectivity index (χ4n) is 2.57. The first kappa shape index (κ1) is 15.2. The maximum atomic E-state index is 12.3. The van der Waals surface area contributed by atoms with E-state index >= 15 is 0 Å². The van der Waals surface area contributed by atoms with E-state index in [1.54, 1.807) is 32.0 Å². The zero-order chi connectivity index (χ0) is 16.6. The molecule has 0 aliphatic carbocycles. The monoisotopic (exact) mass is 319 g/mol. The molecule has 3 N–H and O–H groups in total. The second kappa shape index (κ2) is 5.81. The molecular formula is C15H17N3O5. The molecule has 0 saturated carbocycles. The summed E-state index contributed by atoms with van der Waals surface area (Å²) < 4.78 is 15.7. The van der Waals surface area contributed by atoms with Crippen molar-refractivity contribution < 1.29 is 23.8 Å². The van der Waals surface area contributed by atoms with Gasteiger partial charge < -0.3 is 19.5 Å². The second-order valence-corrected chi connectivity index (χ2v) is 5.08. The lowest BCUT2D eigenvalue weighted by atomic mass is 9.95. The third-order valence-corrected chi connectivity index (χ3v) is 3.75. The number of urea groups is 1. The topological polar surface area (TPSA) is 103 Å².